The molecule has 6 nitrogen and oxygen atoms in total. The first kappa shape index (κ1) is 19.4. The third-order valence-corrected chi connectivity index (χ3v) is 7.04. The second-order valence-electron chi connectivity index (χ2n) is 8.65. The summed E-state index contributed by atoms with van der Waals surface area (Å²) >= 11 is 0. The van der Waals surface area contributed by atoms with Crippen LogP contribution < -0.4 is 0 Å². The molecule has 3 fully saturated rings. The zero-order chi connectivity index (χ0) is 19.9. The second-order valence-corrected chi connectivity index (χ2v) is 8.65. The first-order chi connectivity index (χ1) is 13.4. The van der Waals surface area contributed by atoms with Crippen LogP contribution >= 0.6 is 0 Å². The van der Waals surface area contributed by atoms with E-state index in [1.807, 2.05) is 37.3 Å². The van der Waals surface area contributed by atoms with E-state index in [0.29, 0.717) is 19.1 Å². The van der Waals surface area contributed by atoms with Crippen molar-refractivity contribution in [2.45, 2.75) is 50.9 Å². The van der Waals surface area contributed by atoms with Crippen molar-refractivity contribution >= 4 is 11.9 Å². The fraction of sp³-hybridized carbons (Fsp3) is 0.636. The molecule has 1 atom stereocenters. The Morgan fingerprint density at radius 3 is 2.25 bits per heavy atom. The molecular formula is C22H30N2O4. The van der Waals surface area contributed by atoms with Crippen LogP contribution in [0.5, 0.6) is 0 Å². The molecule has 0 aromatic heterocycles. The molecule has 1 aromatic carbocycles. The molecule has 6 heteroatoms. The van der Waals surface area contributed by atoms with Gasteiger partial charge in [-0.15, -0.1) is 0 Å². The molecule has 152 valence electrons. The van der Waals surface area contributed by atoms with E-state index in [1.165, 1.54) is 4.90 Å². The van der Waals surface area contributed by atoms with Gasteiger partial charge in [-0.1, -0.05) is 50.1 Å². The number of hydrogen-bond donors (Lipinski definition) is 0. The van der Waals surface area contributed by atoms with E-state index in [9.17, 15) is 9.59 Å². The zero-order valence-electron chi connectivity index (χ0n) is 17.0. The minimum atomic E-state index is -1.08. The van der Waals surface area contributed by atoms with Crippen LogP contribution in [0.3, 0.4) is 0 Å². The standard InChI is InChI=1S/C22H30N2O4/c1-16-9-11-17(12-10-16)21(2)19(25)24(20(26)23(21)3)15-22(27-13-14-28-22)18-7-5-4-6-8-18/h4-8,16-17H,9-15H2,1-3H3. The molecule has 0 spiro atoms. The Hall–Kier alpha value is -1.92. The van der Waals surface area contributed by atoms with Crippen LogP contribution in [0.1, 0.15) is 45.1 Å². The van der Waals surface area contributed by atoms with Crippen molar-refractivity contribution in [2.75, 3.05) is 26.8 Å². The van der Waals surface area contributed by atoms with Gasteiger partial charge in [-0.25, -0.2) is 4.79 Å². The van der Waals surface area contributed by atoms with E-state index in [-0.39, 0.29) is 24.4 Å². The number of carbonyl (C=O) groups excluding carboxylic acids is 2. The Morgan fingerprint density at radius 1 is 1.04 bits per heavy atom. The average molecular weight is 386 g/mol. The van der Waals surface area contributed by atoms with Crippen LogP contribution in [0.15, 0.2) is 30.3 Å². The number of carbonyl (C=O) groups is 2. The molecule has 3 aliphatic rings. The highest BCUT2D eigenvalue weighted by atomic mass is 16.7. The highest BCUT2D eigenvalue weighted by molar-refractivity contribution is 6.07. The minimum Gasteiger partial charge on any atom is -0.342 e. The summed E-state index contributed by atoms with van der Waals surface area (Å²) in [7, 11) is 1.75. The number of likely N-dealkylation sites (N-methyl/N-ethyl adjacent to an activating group) is 1. The lowest BCUT2D eigenvalue weighted by Gasteiger charge is -2.40. The van der Waals surface area contributed by atoms with E-state index in [1.54, 1.807) is 11.9 Å². The normalized spacial score (nSPS) is 33.0. The molecule has 0 radical (unpaired) electrons. The van der Waals surface area contributed by atoms with E-state index in [4.69, 9.17) is 9.47 Å². The van der Waals surface area contributed by atoms with Crippen LogP contribution in [-0.2, 0) is 20.1 Å². The maximum absolute atomic E-state index is 13.5. The van der Waals surface area contributed by atoms with E-state index >= 15 is 0 Å². The predicted octanol–water partition coefficient (Wildman–Crippen LogP) is 3.37. The van der Waals surface area contributed by atoms with Crippen molar-refractivity contribution in [2.24, 2.45) is 11.8 Å². The van der Waals surface area contributed by atoms with E-state index in [0.717, 1.165) is 31.2 Å². The van der Waals surface area contributed by atoms with Crippen molar-refractivity contribution in [3.63, 3.8) is 0 Å². The van der Waals surface area contributed by atoms with E-state index in [2.05, 4.69) is 6.92 Å². The number of ether oxygens (including phenoxy) is 2. The first-order valence-corrected chi connectivity index (χ1v) is 10.3. The molecule has 0 bridgehead atoms. The fourth-order valence-corrected chi connectivity index (χ4v) is 5.00. The number of nitrogens with zero attached hydrogens (tertiary/aromatic N) is 2. The van der Waals surface area contributed by atoms with Gasteiger partial charge in [0.05, 0.1) is 19.8 Å². The Kier molecular flexibility index (Phi) is 4.96. The predicted molar refractivity (Wildman–Crippen MR) is 104 cm³/mol. The number of hydrogen-bond acceptors (Lipinski definition) is 4. The summed E-state index contributed by atoms with van der Waals surface area (Å²) in [6.07, 6.45) is 4.17. The lowest BCUT2D eigenvalue weighted by Crippen LogP contribution is -2.52. The summed E-state index contributed by atoms with van der Waals surface area (Å²) in [6, 6.07) is 9.32. The molecule has 2 saturated heterocycles. The number of benzene rings is 1. The topological polar surface area (TPSA) is 59.1 Å². The van der Waals surface area contributed by atoms with Gasteiger partial charge in [0.1, 0.15) is 5.54 Å². The smallest absolute Gasteiger partial charge is 0.327 e. The molecule has 3 amide bonds. The highest BCUT2D eigenvalue weighted by Gasteiger charge is 2.58. The molecule has 1 saturated carbocycles. The van der Waals surface area contributed by atoms with Gasteiger partial charge < -0.3 is 14.4 Å². The van der Waals surface area contributed by atoms with Crippen molar-refractivity contribution < 1.29 is 19.1 Å². The van der Waals surface area contributed by atoms with Crippen LogP contribution in [-0.4, -0.2) is 54.1 Å². The van der Waals surface area contributed by atoms with Gasteiger partial charge in [0.25, 0.3) is 5.91 Å². The Balaban J connectivity index is 1.61. The van der Waals surface area contributed by atoms with Gasteiger partial charge in [-0.05, 0) is 31.6 Å². The highest BCUT2D eigenvalue weighted by Crippen LogP contribution is 2.43. The van der Waals surface area contributed by atoms with Gasteiger partial charge in [0.2, 0.25) is 5.79 Å². The van der Waals surface area contributed by atoms with Crippen LogP contribution in [0.2, 0.25) is 0 Å². The van der Waals surface area contributed by atoms with Crippen LogP contribution in [0.4, 0.5) is 4.79 Å². The number of imide groups is 1. The SMILES string of the molecule is CC1CCC(C2(C)C(=O)N(CC3(c4ccccc4)OCCO3)C(=O)N2C)CC1. The maximum atomic E-state index is 13.5. The van der Waals surface area contributed by atoms with Crippen molar-refractivity contribution in [1.29, 1.82) is 0 Å². The average Bonchev–Trinajstić information content (AvgIpc) is 3.26. The van der Waals surface area contributed by atoms with Crippen molar-refractivity contribution in [3.05, 3.63) is 35.9 Å². The Bertz CT molecular complexity index is 738. The quantitative estimate of drug-likeness (QED) is 0.745. The lowest BCUT2D eigenvalue weighted by atomic mass is 9.72. The molecule has 4 rings (SSSR count). The number of amides is 3. The Morgan fingerprint density at radius 2 is 1.64 bits per heavy atom. The van der Waals surface area contributed by atoms with Crippen molar-refractivity contribution in [3.8, 4) is 0 Å². The largest absolute Gasteiger partial charge is 0.342 e. The molecule has 1 aliphatic carbocycles. The van der Waals surface area contributed by atoms with E-state index < -0.39 is 11.3 Å². The second kappa shape index (κ2) is 7.16. The third-order valence-electron chi connectivity index (χ3n) is 7.04. The summed E-state index contributed by atoms with van der Waals surface area (Å²) in [5, 5.41) is 0. The molecule has 0 N–H and O–H groups in total. The van der Waals surface area contributed by atoms with Crippen molar-refractivity contribution in [1.82, 2.24) is 9.80 Å². The summed E-state index contributed by atoms with van der Waals surface area (Å²) in [4.78, 5) is 29.6. The van der Waals surface area contributed by atoms with Crippen LogP contribution in [0, 0.1) is 11.8 Å². The summed E-state index contributed by atoms with van der Waals surface area (Å²) in [6.45, 7) is 5.16. The van der Waals surface area contributed by atoms with Gasteiger partial charge in [0.15, 0.2) is 0 Å². The molecule has 28 heavy (non-hydrogen) atoms. The molecular weight excluding hydrogens is 356 g/mol. The molecule has 1 unspecified atom stereocenters. The fourth-order valence-electron chi connectivity index (χ4n) is 5.00. The first-order valence-electron chi connectivity index (χ1n) is 10.3. The van der Waals surface area contributed by atoms with Gasteiger partial charge >= 0.3 is 6.03 Å². The third kappa shape index (κ3) is 2.94. The number of rotatable bonds is 4. The zero-order valence-corrected chi connectivity index (χ0v) is 17.0. The molecule has 2 heterocycles. The van der Waals surface area contributed by atoms with Crippen LogP contribution in [0.25, 0.3) is 0 Å². The van der Waals surface area contributed by atoms with Gasteiger partial charge in [0, 0.05) is 12.6 Å². The Labute approximate surface area is 166 Å². The molecule has 1 aromatic rings. The summed E-state index contributed by atoms with van der Waals surface area (Å²) in [5.74, 6) is -0.336. The molecule has 2 aliphatic heterocycles. The maximum Gasteiger partial charge on any atom is 0.327 e. The van der Waals surface area contributed by atoms with Gasteiger partial charge in [-0.3, -0.25) is 9.69 Å². The summed E-state index contributed by atoms with van der Waals surface area (Å²) in [5.41, 5.74) is 0.0316. The minimum absolute atomic E-state index is 0.0811. The monoisotopic (exact) mass is 386 g/mol. The summed E-state index contributed by atoms with van der Waals surface area (Å²) < 4.78 is 11.9. The lowest BCUT2D eigenvalue weighted by molar-refractivity contribution is -0.178. The van der Waals surface area contributed by atoms with Gasteiger partial charge in [-0.2, -0.15) is 0 Å². The number of urea groups is 1.